The lowest BCUT2D eigenvalue weighted by molar-refractivity contribution is 1.16. The molecule has 0 saturated carbocycles. The molecule has 278 valence electrons. The van der Waals surface area contributed by atoms with Crippen LogP contribution in [0.25, 0.3) is 125 Å². The maximum atomic E-state index is 5.41. The van der Waals surface area contributed by atoms with Crippen molar-refractivity contribution in [2.45, 2.75) is 0 Å². The van der Waals surface area contributed by atoms with Crippen LogP contribution in [-0.4, -0.2) is 14.5 Å². The second kappa shape index (κ2) is 12.9. The van der Waals surface area contributed by atoms with Gasteiger partial charge in [0.15, 0.2) is 5.82 Å². The van der Waals surface area contributed by atoms with Gasteiger partial charge >= 0.3 is 0 Å². The zero-order valence-electron chi connectivity index (χ0n) is 32.3. The van der Waals surface area contributed by atoms with E-state index >= 15 is 0 Å². The predicted octanol–water partition coefficient (Wildman–Crippen LogP) is 15.6. The Kier molecular flexibility index (Phi) is 7.18. The first kappa shape index (κ1) is 33.3. The van der Waals surface area contributed by atoms with Gasteiger partial charge in [0, 0.05) is 64.1 Å². The van der Waals surface area contributed by atoms with Crippen molar-refractivity contribution < 1.29 is 0 Å². The Morgan fingerprint density at radius 3 is 1.65 bits per heavy atom. The van der Waals surface area contributed by atoms with Gasteiger partial charge in [-0.05, 0) is 68.7 Å². The molecule has 0 unspecified atom stereocenters. The number of para-hydroxylation sites is 1. The Morgan fingerprint density at radius 1 is 0.367 bits per heavy atom. The second-order valence-corrected chi connectivity index (χ2v) is 16.7. The van der Waals surface area contributed by atoms with E-state index in [9.17, 15) is 0 Å². The number of fused-ring (bicyclic) bond motifs is 14. The van der Waals surface area contributed by atoms with Gasteiger partial charge in [0.2, 0.25) is 0 Å². The molecule has 10 aromatic carbocycles. The van der Waals surface area contributed by atoms with E-state index in [4.69, 9.17) is 9.97 Å². The van der Waals surface area contributed by atoms with Crippen molar-refractivity contribution in [2.24, 2.45) is 0 Å². The fraction of sp³-hybridized carbons (Fsp3) is 0. The highest BCUT2D eigenvalue weighted by Crippen LogP contribution is 2.47. The molecule has 3 nitrogen and oxygen atoms in total. The van der Waals surface area contributed by atoms with Crippen molar-refractivity contribution in [2.75, 3.05) is 0 Å². The van der Waals surface area contributed by atoms with Crippen LogP contribution in [0.5, 0.6) is 0 Å². The maximum absolute atomic E-state index is 5.41. The van der Waals surface area contributed by atoms with E-state index in [1.165, 1.54) is 85.1 Å². The molecule has 0 aliphatic carbocycles. The van der Waals surface area contributed by atoms with Crippen LogP contribution in [0.1, 0.15) is 0 Å². The van der Waals surface area contributed by atoms with Gasteiger partial charge in [-0.15, -0.1) is 11.3 Å². The number of nitrogens with zero attached hydrogens (tertiary/aromatic N) is 3. The lowest BCUT2D eigenvalue weighted by Gasteiger charge is -2.15. The molecule has 0 saturated heterocycles. The van der Waals surface area contributed by atoms with Gasteiger partial charge in [0.25, 0.3) is 0 Å². The summed E-state index contributed by atoms with van der Waals surface area (Å²) in [5.41, 5.74) is 8.36. The zero-order valence-corrected chi connectivity index (χ0v) is 33.1. The van der Waals surface area contributed by atoms with Crippen molar-refractivity contribution in [3.8, 4) is 39.6 Å². The fourth-order valence-electron chi connectivity index (χ4n) is 9.78. The van der Waals surface area contributed by atoms with Crippen molar-refractivity contribution in [3.05, 3.63) is 200 Å². The van der Waals surface area contributed by atoms with Gasteiger partial charge in [0.05, 0.1) is 22.4 Å². The average molecular weight is 780 g/mol. The molecule has 0 aliphatic heterocycles. The van der Waals surface area contributed by atoms with Crippen LogP contribution in [0.2, 0.25) is 0 Å². The topological polar surface area (TPSA) is 30.7 Å². The van der Waals surface area contributed by atoms with Crippen molar-refractivity contribution >= 4 is 96.4 Å². The third kappa shape index (κ3) is 4.89. The molecule has 13 rings (SSSR count). The van der Waals surface area contributed by atoms with Gasteiger partial charge in [-0.25, -0.2) is 9.97 Å². The number of hydrogen-bond donors (Lipinski definition) is 0. The first-order valence-corrected chi connectivity index (χ1v) is 21.2. The number of benzene rings is 10. The number of hydrogen-bond acceptors (Lipinski definition) is 3. The Bertz CT molecular complexity index is 3800. The summed E-state index contributed by atoms with van der Waals surface area (Å²) < 4.78 is 5.10. The van der Waals surface area contributed by atoms with Gasteiger partial charge in [0.1, 0.15) is 0 Å². The number of rotatable bonds is 4. The molecule has 0 spiro atoms. The third-order valence-electron chi connectivity index (χ3n) is 12.4. The summed E-state index contributed by atoms with van der Waals surface area (Å²) in [5, 5.41) is 14.9. The normalized spacial score (nSPS) is 12.0. The van der Waals surface area contributed by atoms with Crippen LogP contribution in [0, 0.1) is 0 Å². The highest BCUT2D eigenvalue weighted by molar-refractivity contribution is 7.26. The Hall–Kier alpha value is -7.66. The van der Waals surface area contributed by atoms with E-state index in [2.05, 4.69) is 205 Å². The van der Waals surface area contributed by atoms with Crippen LogP contribution in [0.3, 0.4) is 0 Å². The van der Waals surface area contributed by atoms with E-state index < -0.39 is 0 Å². The third-order valence-corrected chi connectivity index (χ3v) is 13.5. The second-order valence-electron chi connectivity index (χ2n) is 15.6. The van der Waals surface area contributed by atoms with E-state index in [0.717, 1.165) is 33.8 Å². The van der Waals surface area contributed by atoms with E-state index in [0.29, 0.717) is 5.82 Å². The molecular weight excluding hydrogens is 747 g/mol. The number of thiophene rings is 1. The molecule has 0 aliphatic rings. The molecular formula is C56H33N3S. The lowest BCUT2D eigenvalue weighted by atomic mass is 9.94. The van der Waals surface area contributed by atoms with E-state index in [-0.39, 0.29) is 0 Å². The molecule has 0 N–H and O–H groups in total. The lowest BCUT2D eigenvalue weighted by Crippen LogP contribution is -1.99. The van der Waals surface area contributed by atoms with Gasteiger partial charge in [-0.1, -0.05) is 164 Å². The molecule has 3 aromatic heterocycles. The Balaban J connectivity index is 1.11. The first-order valence-electron chi connectivity index (χ1n) is 20.4. The molecule has 0 radical (unpaired) electrons. The van der Waals surface area contributed by atoms with Crippen molar-refractivity contribution in [1.29, 1.82) is 0 Å². The summed E-state index contributed by atoms with van der Waals surface area (Å²) >= 11 is 1.87. The van der Waals surface area contributed by atoms with Crippen LogP contribution in [-0.2, 0) is 0 Å². The Morgan fingerprint density at radius 2 is 0.933 bits per heavy atom. The molecule has 3 heterocycles. The van der Waals surface area contributed by atoms with Crippen molar-refractivity contribution in [3.63, 3.8) is 0 Å². The minimum atomic E-state index is 0.688. The molecule has 0 bridgehead atoms. The van der Waals surface area contributed by atoms with Crippen LogP contribution in [0.4, 0.5) is 0 Å². The summed E-state index contributed by atoms with van der Waals surface area (Å²) in [6, 6.07) is 72.4. The highest BCUT2D eigenvalue weighted by Gasteiger charge is 2.22. The molecule has 0 atom stereocenters. The van der Waals surface area contributed by atoms with Crippen molar-refractivity contribution in [1.82, 2.24) is 14.5 Å². The fourth-order valence-corrected chi connectivity index (χ4v) is 10.9. The van der Waals surface area contributed by atoms with Crippen LogP contribution >= 0.6 is 11.3 Å². The summed E-state index contributed by atoms with van der Waals surface area (Å²) in [7, 11) is 0. The zero-order chi connectivity index (χ0) is 39.3. The van der Waals surface area contributed by atoms with Gasteiger partial charge < -0.3 is 4.57 Å². The van der Waals surface area contributed by atoms with Gasteiger partial charge in [-0.3, -0.25) is 0 Å². The standard InChI is InChI=1S/C56H33N3S/c1-3-20-38-34(14-1)16-12-26-40(38)47-33-48(41-27-13-17-35-15-2-4-21-39(35)41)58-56(57-47)36-18-11-19-37(32-36)59-49-28-9-7-24-44(49)53-43-23-6-5-22-42(43)52-46(55(53)59)30-31-51-54(52)45-25-8-10-29-50(45)60-51/h1-33H. The van der Waals surface area contributed by atoms with Crippen LogP contribution < -0.4 is 0 Å². The molecule has 4 heteroatoms. The SMILES string of the molecule is c1cc(-c2nc(-c3cccc4ccccc34)cc(-c3cccc4ccccc34)n2)cc(-n2c3ccccc3c3c4ccccc4c4c(ccc5sc6ccccc6c54)c32)c1. The highest BCUT2D eigenvalue weighted by atomic mass is 32.1. The minimum Gasteiger partial charge on any atom is -0.309 e. The minimum absolute atomic E-state index is 0.688. The predicted molar refractivity (Wildman–Crippen MR) is 256 cm³/mol. The first-order chi connectivity index (χ1) is 29.8. The van der Waals surface area contributed by atoms with Crippen LogP contribution in [0.15, 0.2) is 200 Å². The van der Waals surface area contributed by atoms with Gasteiger partial charge in [-0.2, -0.15) is 0 Å². The van der Waals surface area contributed by atoms with E-state index in [1.54, 1.807) is 0 Å². The quantitative estimate of drug-likeness (QED) is 0.167. The monoisotopic (exact) mass is 779 g/mol. The van der Waals surface area contributed by atoms with E-state index in [1.807, 2.05) is 11.3 Å². The summed E-state index contributed by atoms with van der Waals surface area (Å²) in [5.74, 6) is 0.688. The summed E-state index contributed by atoms with van der Waals surface area (Å²) in [6.07, 6.45) is 0. The maximum Gasteiger partial charge on any atom is 0.160 e. The molecule has 13 aromatic rings. The summed E-state index contributed by atoms with van der Waals surface area (Å²) in [4.78, 5) is 10.8. The number of aromatic nitrogens is 3. The molecule has 0 fully saturated rings. The smallest absolute Gasteiger partial charge is 0.160 e. The summed E-state index contributed by atoms with van der Waals surface area (Å²) in [6.45, 7) is 0. The largest absolute Gasteiger partial charge is 0.309 e. The molecule has 60 heavy (non-hydrogen) atoms. The Labute approximate surface area is 349 Å². The molecule has 0 amide bonds. The average Bonchev–Trinajstić information content (AvgIpc) is 3.88.